The SMILES string of the molecule is O=C(O)CCNC(=O)c1ccc(CN(c2ccc3c(c2)Cc2ccccc2-3)c2nc(-c3ccc(OC(F)(F)F)cc3)cs2)cc1. The Hall–Kier alpha value is -5.16. The summed E-state index contributed by atoms with van der Waals surface area (Å²) in [6.07, 6.45) is -4.12. The van der Waals surface area contributed by atoms with Crippen LogP contribution in [0.2, 0.25) is 0 Å². The van der Waals surface area contributed by atoms with Crippen molar-refractivity contribution in [2.24, 2.45) is 0 Å². The lowest BCUT2D eigenvalue weighted by Crippen LogP contribution is -2.26. The molecule has 0 unspecified atom stereocenters. The molecule has 4 aromatic carbocycles. The van der Waals surface area contributed by atoms with Crippen molar-refractivity contribution in [1.29, 1.82) is 0 Å². The van der Waals surface area contributed by atoms with Crippen LogP contribution in [0.15, 0.2) is 96.4 Å². The van der Waals surface area contributed by atoms with Crippen LogP contribution >= 0.6 is 11.3 Å². The number of benzene rings is 4. The number of hydrogen-bond acceptors (Lipinski definition) is 6. The van der Waals surface area contributed by atoms with Gasteiger partial charge in [-0.05, 0) is 82.8 Å². The monoisotopic (exact) mass is 629 g/mol. The zero-order chi connectivity index (χ0) is 31.6. The predicted octanol–water partition coefficient (Wildman–Crippen LogP) is 7.82. The van der Waals surface area contributed by atoms with Gasteiger partial charge in [-0.25, -0.2) is 4.98 Å². The Morgan fingerprint density at radius 1 is 0.933 bits per heavy atom. The second kappa shape index (κ2) is 12.4. The van der Waals surface area contributed by atoms with E-state index in [4.69, 9.17) is 10.1 Å². The summed E-state index contributed by atoms with van der Waals surface area (Å²) in [7, 11) is 0. The van der Waals surface area contributed by atoms with E-state index in [1.54, 1.807) is 12.1 Å². The third-order valence-electron chi connectivity index (χ3n) is 7.38. The molecule has 0 radical (unpaired) electrons. The van der Waals surface area contributed by atoms with Gasteiger partial charge in [0.25, 0.3) is 5.91 Å². The summed E-state index contributed by atoms with van der Waals surface area (Å²) in [4.78, 5) is 30.1. The van der Waals surface area contributed by atoms with Gasteiger partial charge in [0.05, 0.1) is 18.7 Å². The molecule has 1 aliphatic carbocycles. The van der Waals surface area contributed by atoms with Gasteiger partial charge < -0.3 is 20.1 Å². The molecule has 1 amide bonds. The van der Waals surface area contributed by atoms with Crippen LogP contribution < -0.4 is 15.0 Å². The zero-order valence-electron chi connectivity index (χ0n) is 23.7. The summed E-state index contributed by atoms with van der Waals surface area (Å²) < 4.78 is 41.8. The Morgan fingerprint density at radius 2 is 1.67 bits per heavy atom. The number of anilines is 2. The van der Waals surface area contributed by atoms with Crippen LogP contribution in [0.4, 0.5) is 24.0 Å². The summed E-state index contributed by atoms with van der Waals surface area (Å²) in [5, 5.41) is 14.0. The van der Waals surface area contributed by atoms with Gasteiger partial charge in [0.15, 0.2) is 5.13 Å². The molecule has 0 atom stereocenters. The molecule has 45 heavy (non-hydrogen) atoms. The molecule has 0 bridgehead atoms. The first kappa shape index (κ1) is 29.9. The number of fused-ring (bicyclic) bond motifs is 3. The molecule has 0 saturated carbocycles. The molecule has 0 aliphatic heterocycles. The number of amides is 1. The third-order valence-corrected chi connectivity index (χ3v) is 8.24. The first-order chi connectivity index (χ1) is 21.6. The molecular formula is C34H26F3N3O4S. The molecule has 0 saturated heterocycles. The highest BCUT2D eigenvalue weighted by atomic mass is 32.1. The van der Waals surface area contributed by atoms with E-state index >= 15 is 0 Å². The Kier molecular flexibility index (Phi) is 8.27. The Bertz CT molecular complexity index is 1850. The van der Waals surface area contributed by atoms with E-state index in [1.807, 2.05) is 29.6 Å². The maximum atomic E-state index is 12.6. The molecule has 7 nitrogen and oxygen atoms in total. The van der Waals surface area contributed by atoms with Crippen LogP contribution in [0.25, 0.3) is 22.4 Å². The molecule has 1 heterocycles. The van der Waals surface area contributed by atoms with Gasteiger partial charge >= 0.3 is 12.3 Å². The molecule has 6 rings (SSSR count). The second-order valence-electron chi connectivity index (χ2n) is 10.4. The van der Waals surface area contributed by atoms with Gasteiger partial charge in [0.1, 0.15) is 5.75 Å². The number of nitrogens with zero attached hydrogens (tertiary/aromatic N) is 2. The van der Waals surface area contributed by atoms with E-state index in [1.165, 1.54) is 57.9 Å². The normalized spacial score (nSPS) is 11.9. The van der Waals surface area contributed by atoms with Gasteiger partial charge in [-0.1, -0.05) is 42.5 Å². The number of rotatable bonds is 10. The lowest BCUT2D eigenvalue weighted by atomic mass is 10.0. The van der Waals surface area contributed by atoms with E-state index in [2.05, 4.69) is 45.3 Å². The molecule has 1 aliphatic rings. The van der Waals surface area contributed by atoms with Crippen LogP contribution in [0.5, 0.6) is 5.75 Å². The van der Waals surface area contributed by atoms with E-state index < -0.39 is 12.3 Å². The number of aliphatic carboxylic acids is 1. The smallest absolute Gasteiger partial charge is 0.481 e. The van der Waals surface area contributed by atoms with Crippen LogP contribution in [-0.2, 0) is 17.8 Å². The van der Waals surface area contributed by atoms with Crippen LogP contribution in [0.1, 0.15) is 33.5 Å². The second-order valence-corrected chi connectivity index (χ2v) is 11.3. The van der Waals surface area contributed by atoms with Gasteiger partial charge in [-0.3, -0.25) is 9.59 Å². The van der Waals surface area contributed by atoms with E-state index in [-0.39, 0.29) is 24.6 Å². The molecule has 1 aromatic heterocycles. The first-order valence-electron chi connectivity index (χ1n) is 14.0. The maximum absolute atomic E-state index is 12.6. The topological polar surface area (TPSA) is 91.8 Å². The quantitative estimate of drug-likeness (QED) is 0.161. The fourth-order valence-corrected chi connectivity index (χ4v) is 6.10. The third kappa shape index (κ3) is 6.99. The molecular weight excluding hydrogens is 603 g/mol. The van der Waals surface area contributed by atoms with E-state index in [0.717, 1.165) is 17.7 Å². The summed E-state index contributed by atoms with van der Waals surface area (Å²) in [5.41, 5.74) is 8.38. The Balaban J connectivity index is 1.28. The van der Waals surface area contributed by atoms with Gasteiger partial charge in [0.2, 0.25) is 0 Å². The summed E-state index contributed by atoms with van der Waals surface area (Å²) in [6.45, 7) is 0.467. The number of carboxylic acids is 1. The average molecular weight is 630 g/mol. The van der Waals surface area contributed by atoms with Gasteiger partial charge in [-0.15, -0.1) is 24.5 Å². The van der Waals surface area contributed by atoms with Crippen molar-refractivity contribution in [3.8, 4) is 28.1 Å². The minimum Gasteiger partial charge on any atom is -0.481 e. The highest BCUT2D eigenvalue weighted by molar-refractivity contribution is 7.14. The van der Waals surface area contributed by atoms with Crippen molar-refractivity contribution in [2.75, 3.05) is 11.4 Å². The zero-order valence-corrected chi connectivity index (χ0v) is 24.5. The predicted molar refractivity (Wildman–Crippen MR) is 166 cm³/mol. The number of halogens is 3. The maximum Gasteiger partial charge on any atom is 0.573 e. The highest BCUT2D eigenvalue weighted by Gasteiger charge is 2.31. The number of aromatic nitrogens is 1. The number of carbonyl (C=O) groups is 2. The summed E-state index contributed by atoms with van der Waals surface area (Å²) in [6, 6.07) is 27.3. The minimum atomic E-state index is -4.77. The number of thiazole rings is 1. The van der Waals surface area contributed by atoms with Crippen LogP contribution in [-0.4, -0.2) is 34.9 Å². The largest absolute Gasteiger partial charge is 0.573 e. The van der Waals surface area contributed by atoms with Gasteiger partial charge in [-0.2, -0.15) is 0 Å². The van der Waals surface area contributed by atoms with Gasteiger partial charge in [0, 0.05) is 28.7 Å². The van der Waals surface area contributed by atoms with Crippen LogP contribution in [0.3, 0.4) is 0 Å². The summed E-state index contributed by atoms with van der Waals surface area (Å²) >= 11 is 1.41. The fourth-order valence-electron chi connectivity index (χ4n) is 5.25. The Morgan fingerprint density at radius 3 is 2.40 bits per heavy atom. The fraction of sp³-hybridized carbons (Fsp3) is 0.147. The number of alkyl halides is 3. The standard InChI is InChI=1S/C34H26F3N3O4S/c35-34(36,37)44-27-12-9-22(10-13-27)30-20-45-33(39-30)40(19-21-5-7-23(8-6-21)32(43)38-16-15-31(41)42)26-11-14-29-25(18-26)17-24-3-1-2-4-28(24)29/h1-14,18,20H,15-17,19H2,(H,38,43)(H,41,42). The van der Waals surface area contributed by atoms with E-state index in [9.17, 15) is 22.8 Å². The minimum absolute atomic E-state index is 0.0380. The summed E-state index contributed by atoms with van der Waals surface area (Å²) in [5.74, 6) is -1.64. The van der Waals surface area contributed by atoms with E-state index in [0.29, 0.717) is 28.5 Å². The molecule has 11 heteroatoms. The van der Waals surface area contributed by atoms with Crippen molar-refractivity contribution in [3.05, 3.63) is 119 Å². The molecule has 2 N–H and O–H groups in total. The average Bonchev–Trinajstić information content (AvgIpc) is 3.64. The molecule has 0 fully saturated rings. The highest BCUT2D eigenvalue weighted by Crippen LogP contribution is 2.41. The number of carboxylic acid groups (broad SMARTS) is 1. The van der Waals surface area contributed by atoms with Crippen molar-refractivity contribution in [1.82, 2.24) is 10.3 Å². The molecule has 228 valence electrons. The molecule has 5 aromatic rings. The number of hydrogen-bond donors (Lipinski definition) is 2. The van der Waals surface area contributed by atoms with Crippen molar-refractivity contribution in [2.45, 2.75) is 25.7 Å². The lowest BCUT2D eigenvalue weighted by molar-refractivity contribution is -0.274. The first-order valence-corrected chi connectivity index (χ1v) is 14.9. The van der Waals surface area contributed by atoms with Crippen molar-refractivity contribution >= 4 is 34.0 Å². The van der Waals surface area contributed by atoms with Crippen LogP contribution in [0, 0.1) is 0 Å². The van der Waals surface area contributed by atoms with Crippen molar-refractivity contribution in [3.63, 3.8) is 0 Å². The van der Waals surface area contributed by atoms with Crippen molar-refractivity contribution < 1.29 is 32.6 Å². The lowest BCUT2D eigenvalue weighted by Gasteiger charge is -2.23. The number of ether oxygens (including phenoxy) is 1. The Labute approximate surface area is 260 Å². The number of nitrogens with one attached hydrogen (secondary N) is 1. The number of carbonyl (C=O) groups excluding carboxylic acids is 1. The molecule has 0 spiro atoms.